The van der Waals surface area contributed by atoms with Crippen LogP contribution in [0.1, 0.15) is 38.3 Å². The second-order valence-corrected chi connectivity index (χ2v) is 5.58. The molecule has 2 atom stereocenters. The summed E-state index contributed by atoms with van der Waals surface area (Å²) in [5, 5.41) is 14.4. The van der Waals surface area contributed by atoms with Gasteiger partial charge in [-0.3, -0.25) is 4.68 Å². The molecular weight excluding hydrogens is 228 g/mol. The van der Waals surface area contributed by atoms with E-state index in [0.717, 1.165) is 49.3 Å². The first-order valence-corrected chi connectivity index (χ1v) is 6.89. The van der Waals surface area contributed by atoms with Gasteiger partial charge in [0.25, 0.3) is 0 Å². The van der Waals surface area contributed by atoms with Gasteiger partial charge < -0.3 is 15.7 Å². The fourth-order valence-electron chi connectivity index (χ4n) is 3.65. The van der Waals surface area contributed by atoms with Gasteiger partial charge in [0.2, 0.25) is 0 Å². The van der Waals surface area contributed by atoms with Crippen LogP contribution in [0.5, 0.6) is 0 Å². The van der Waals surface area contributed by atoms with Crippen molar-refractivity contribution in [1.29, 1.82) is 0 Å². The summed E-state index contributed by atoms with van der Waals surface area (Å²) >= 11 is 0. The van der Waals surface area contributed by atoms with Crippen LogP contribution in [-0.4, -0.2) is 33.1 Å². The Balaban J connectivity index is 1.98. The molecule has 2 aliphatic heterocycles. The highest BCUT2D eigenvalue weighted by Crippen LogP contribution is 2.42. The van der Waals surface area contributed by atoms with Gasteiger partial charge in [-0.15, -0.1) is 0 Å². The lowest BCUT2D eigenvalue weighted by Crippen LogP contribution is -2.45. The first-order valence-electron chi connectivity index (χ1n) is 6.89. The van der Waals surface area contributed by atoms with Gasteiger partial charge in [0, 0.05) is 19.1 Å². The molecule has 18 heavy (non-hydrogen) atoms. The van der Waals surface area contributed by atoms with Gasteiger partial charge in [-0.2, -0.15) is 5.10 Å². The Morgan fingerprint density at radius 3 is 2.44 bits per heavy atom. The summed E-state index contributed by atoms with van der Waals surface area (Å²) in [4.78, 5) is 2.41. The van der Waals surface area contributed by atoms with Crippen molar-refractivity contribution in [3.63, 3.8) is 0 Å². The largest absolute Gasteiger partial charge is 0.394 e. The Morgan fingerprint density at radius 1 is 1.33 bits per heavy atom. The fourth-order valence-corrected chi connectivity index (χ4v) is 3.65. The molecule has 3 heterocycles. The number of nitrogens with two attached hydrogens (primary N) is 1. The van der Waals surface area contributed by atoms with Gasteiger partial charge >= 0.3 is 0 Å². The third-order valence-electron chi connectivity index (χ3n) is 4.42. The lowest BCUT2D eigenvalue weighted by molar-refractivity contribution is 0.125. The highest BCUT2D eigenvalue weighted by molar-refractivity contribution is 5.68. The number of aryl methyl sites for hydroxylation is 2. The van der Waals surface area contributed by atoms with Crippen molar-refractivity contribution in [2.75, 3.05) is 10.6 Å². The van der Waals surface area contributed by atoms with Crippen molar-refractivity contribution < 1.29 is 5.11 Å². The maximum atomic E-state index is 9.86. The second-order valence-electron chi connectivity index (χ2n) is 5.58. The molecule has 0 saturated carbocycles. The number of hydrogen-bond donors (Lipinski definition) is 2. The number of nitrogens with zero attached hydrogens (tertiary/aromatic N) is 3. The first-order chi connectivity index (χ1) is 8.61. The van der Waals surface area contributed by atoms with E-state index in [4.69, 9.17) is 5.73 Å². The number of nitrogen functional groups attached to an aromatic ring is 1. The Kier molecular flexibility index (Phi) is 2.73. The Hall–Kier alpha value is -1.23. The number of rotatable bonds is 2. The summed E-state index contributed by atoms with van der Waals surface area (Å²) in [6.07, 6.45) is 4.77. The molecule has 2 saturated heterocycles. The summed E-state index contributed by atoms with van der Waals surface area (Å²) in [6.45, 7) is 2.08. The molecule has 5 heteroatoms. The summed E-state index contributed by atoms with van der Waals surface area (Å²) in [6, 6.07) is 0.863. The van der Waals surface area contributed by atoms with E-state index in [1.54, 1.807) is 0 Å². The quantitative estimate of drug-likeness (QED) is 0.823. The topological polar surface area (TPSA) is 67.3 Å². The highest BCUT2D eigenvalue weighted by Gasteiger charge is 2.42. The van der Waals surface area contributed by atoms with Crippen molar-refractivity contribution >= 4 is 11.5 Å². The van der Waals surface area contributed by atoms with Gasteiger partial charge in [-0.1, -0.05) is 6.92 Å². The average molecular weight is 250 g/mol. The minimum atomic E-state index is -0.140. The summed E-state index contributed by atoms with van der Waals surface area (Å²) in [5.74, 6) is 1.06. The van der Waals surface area contributed by atoms with Gasteiger partial charge in [0.05, 0.1) is 17.5 Å². The highest BCUT2D eigenvalue weighted by atomic mass is 16.3. The van der Waals surface area contributed by atoms with E-state index in [0.29, 0.717) is 12.1 Å². The number of anilines is 2. The van der Waals surface area contributed by atoms with E-state index in [2.05, 4.69) is 16.9 Å². The third kappa shape index (κ3) is 1.61. The smallest absolute Gasteiger partial charge is 0.150 e. The van der Waals surface area contributed by atoms with Crippen LogP contribution in [0.3, 0.4) is 0 Å². The third-order valence-corrected chi connectivity index (χ3v) is 4.42. The molecule has 2 fully saturated rings. The van der Waals surface area contributed by atoms with Crippen LogP contribution in [0, 0.1) is 0 Å². The molecule has 2 aliphatic rings. The summed E-state index contributed by atoms with van der Waals surface area (Å²) in [5.41, 5.74) is 8.06. The van der Waals surface area contributed by atoms with Crippen LogP contribution >= 0.6 is 0 Å². The molecule has 0 amide bonds. The predicted octanol–water partition coefficient (Wildman–Crippen LogP) is 1.06. The van der Waals surface area contributed by atoms with E-state index in [1.807, 2.05) is 11.7 Å². The van der Waals surface area contributed by atoms with E-state index >= 15 is 0 Å². The summed E-state index contributed by atoms with van der Waals surface area (Å²) in [7, 11) is 1.97. The SMILES string of the molecule is CCc1nn(C)c(N2C3CCC2CC(O)C3)c1N. The maximum Gasteiger partial charge on any atom is 0.150 e. The summed E-state index contributed by atoms with van der Waals surface area (Å²) < 4.78 is 1.91. The van der Waals surface area contributed by atoms with Gasteiger partial charge in [0.1, 0.15) is 0 Å². The zero-order chi connectivity index (χ0) is 12.9. The standard InChI is InChI=1S/C13H22N4O/c1-3-11-12(14)13(16(2)15-11)17-8-4-5-9(17)7-10(18)6-8/h8-10,18H,3-7,14H2,1-2H3. The molecule has 1 aromatic heterocycles. The number of aliphatic hydroxyl groups excluding tert-OH is 1. The Morgan fingerprint density at radius 2 is 1.94 bits per heavy atom. The minimum absolute atomic E-state index is 0.140. The molecular formula is C13H22N4O. The van der Waals surface area contributed by atoms with Crippen molar-refractivity contribution in [1.82, 2.24) is 9.78 Å². The van der Waals surface area contributed by atoms with Crippen LogP contribution in [-0.2, 0) is 13.5 Å². The molecule has 2 unspecified atom stereocenters. The average Bonchev–Trinajstić information content (AvgIpc) is 2.74. The van der Waals surface area contributed by atoms with Crippen LogP contribution < -0.4 is 10.6 Å². The van der Waals surface area contributed by atoms with Crippen LogP contribution in [0.2, 0.25) is 0 Å². The molecule has 5 nitrogen and oxygen atoms in total. The lowest BCUT2D eigenvalue weighted by Gasteiger charge is -2.38. The monoisotopic (exact) mass is 250 g/mol. The van der Waals surface area contributed by atoms with E-state index < -0.39 is 0 Å². The molecule has 0 radical (unpaired) electrons. The molecule has 2 bridgehead atoms. The number of piperidine rings is 1. The van der Waals surface area contributed by atoms with Crippen molar-refractivity contribution in [3.8, 4) is 0 Å². The predicted molar refractivity (Wildman–Crippen MR) is 71.5 cm³/mol. The Bertz CT molecular complexity index is 442. The molecule has 100 valence electrons. The maximum absolute atomic E-state index is 9.86. The lowest BCUT2D eigenvalue weighted by atomic mass is 10.00. The van der Waals surface area contributed by atoms with Crippen LogP contribution in [0.4, 0.5) is 11.5 Å². The molecule has 3 rings (SSSR count). The minimum Gasteiger partial charge on any atom is -0.394 e. The van der Waals surface area contributed by atoms with E-state index in [9.17, 15) is 5.11 Å². The molecule has 0 aliphatic carbocycles. The zero-order valence-electron chi connectivity index (χ0n) is 11.1. The zero-order valence-corrected chi connectivity index (χ0v) is 11.1. The molecule has 1 aromatic rings. The molecule has 3 N–H and O–H groups in total. The normalized spacial score (nSPS) is 31.1. The number of fused-ring (bicyclic) bond motifs is 2. The number of aromatic nitrogens is 2. The number of hydrogen-bond acceptors (Lipinski definition) is 4. The van der Waals surface area contributed by atoms with Crippen LogP contribution in [0.25, 0.3) is 0 Å². The van der Waals surface area contributed by atoms with Crippen molar-refractivity contribution in [3.05, 3.63) is 5.69 Å². The van der Waals surface area contributed by atoms with Gasteiger partial charge in [-0.05, 0) is 32.1 Å². The van der Waals surface area contributed by atoms with Crippen molar-refractivity contribution in [2.24, 2.45) is 7.05 Å². The second kappa shape index (κ2) is 4.16. The van der Waals surface area contributed by atoms with Gasteiger partial charge in [-0.25, -0.2) is 0 Å². The van der Waals surface area contributed by atoms with Crippen LogP contribution in [0.15, 0.2) is 0 Å². The molecule has 0 spiro atoms. The molecule has 0 aromatic carbocycles. The fraction of sp³-hybridized carbons (Fsp3) is 0.769. The first kappa shape index (κ1) is 11.8. The van der Waals surface area contributed by atoms with Gasteiger partial charge in [0.15, 0.2) is 5.82 Å². The number of aliphatic hydroxyl groups is 1. The Labute approximate surface area is 108 Å². The van der Waals surface area contributed by atoms with E-state index in [1.165, 1.54) is 0 Å². The van der Waals surface area contributed by atoms with Crippen molar-refractivity contribution in [2.45, 2.75) is 57.2 Å². The van der Waals surface area contributed by atoms with E-state index in [-0.39, 0.29) is 6.10 Å².